The van der Waals surface area contributed by atoms with Gasteiger partial charge in [-0.05, 0) is 62.0 Å². The van der Waals surface area contributed by atoms with Crippen LogP contribution in [0.4, 0.5) is 0 Å². The third kappa shape index (κ3) is 6.72. The maximum absolute atomic E-state index is 13.1. The molecule has 0 heterocycles. The number of carbonyl (C=O) groups is 1. The highest BCUT2D eigenvalue weighted by Gasteiger charge is 2.36. The third-order valence-electron chi connectivity index (χ3n) is 7.13. The second-order valence-electron chi connectivity index (χ2n) is 14.7. The van der Waals surface area contributed by atoms with E-state index in [9.17, 15) is 15.0 Å². The molecular weight excluding hydrogens is 474 g/mol. The molecule has 0 unspecified atom stereocenters. The molecule has 4 N–H and O–H groups in total. The van der Waals surface area contributed by atoms with Crippen LogP contribution in [0.3, 0.4) is 0 Å². The van der Waals surface area contributed by atoms with Gasteiger partial charge in [-0.3, -0.25) is 4.79 Å². The van der Waals surface area contributed by atoms with Crippen LogP contribution in [0.2, 0.25) is 0 Å². The number of phenols is 2. The molecule has 2 aromatic carbocycles. The van der Waals surface area contributed by atoms with E-state index in [1.54, 1.807) is 6.92 Å². The molecule has 0 aliphatic carbocycles. The van der Waals surface area contributed by atoms with Crippen LogP contribution in [0.5, 0.6) is 11.5 Å². The summed E-state index contributed by atoms with van der Waals surface area (Å²) in [5.41, 5.74) is 10.2. The smallest absolute Gasteiger partial charge is 0.323 e. The minimum atomic E-state index is -0.981. The van der Waals surface area contributed by atoms with Crippen molar-refractivity contribution in [2.24, 2.45) is 5.73 Å². The zero-order valence-corrected chi connectivity index (χ0v) is 26.0. The van der Waals surface area contributed by atoms with E-state index in [0.717, 1.165) is 33.4 Å². The number of benzene rings is 2. The van der Waals surface area contributed by atoms with Crippen molar-refractivity contribution < 1.29 is 19.7 Å². The summed E-state index contributed by atoms with van der Waals surface area (Å²) >= 11 is 0. The minimum Gasteiger partial charge on any atom is -0.507 e. The Balaban J connectivity index is 3.09. The summed E-state index contributed by atoms with van der Waals surface area (Å²) in [6, 6.07) is 6.94. The van der Waals surface area contributed by atoms with E-state index in [4.69, 9.17) is 10.5 Å². The lowest BCUT2D eigenvalue weighted by molar-refractivity contribution is -0.145. The van der Waals surface area contributed by atoms with E-state index >= 15 is 0 Å². The number of hydrogen-bond donors (Lipinski definition) is 3. The fourth-order valence-corrected chi connectivity index (χ4v) is 4.94. The van der Waals surface area contributed by atoms with E-state index < -0.39 is 17.9 Å². The molecule has 0 spiro atoms. The third-order valence-corrected chi connectivity index (χ3v) is 7.13. The van der Waals surface area contributed by atoms with Gasteiger partial charge < -0.3 is 20.7 Å². The number of aromatic hydroxyl groups is 2. The largest absolute Gasteiger partial charge is 0.507 e. The molecule has 1 atom stereocenters. The van der Waals surface area contributed by atoms with E-state index in [1.807, 2.05) is 24.3 Å². The predicted molar refractivity (Wildman–Crippen MR) is 157 cm³/mol. The molecule has 38 heavy (non-hydrogen) atoms. The zero-order valence-electron chi connectivity index (χ0n) is 26.0. The lowest BCUT2D eigenvalue weighted by Crippen LogP contribution is -2.39. The Morgan fingerprint density at radius 1 is 0.684 bits per heavy atom. The highest BCUT2D eigenvalue weighted by molar-refractivity contribution is 5.78. The van der Waals surface area contributed by atoms with Crippen molar-refractivity contribution in [3.63, 3.8) is 0 Å². The highest BCUT2D eigenvalue weighted by Crippen LogP contribution is 2.46. The Morgan fingerprint density at radius 2 is 0.947 bits per heavy atom. The lowest BCUT2D eigenvalue weighted by Gasteiger charge is -2.33. The van der Waals surface area contributed by atoms with Gasteiger partial charge in [-0.2, -0.15) is 0 Å². The Hall–Kier alpha value is -2.53. The van der Waals surface area contributed by atoms with Gasteiger partial charge in [0.25, 0.3) is 0 Å². The van der Waals surface area contributed by atoms with Crippen molar-refractivity contribution in [1.29, 1.82) is 0 Å². The molecule has 0 aliphatic heterocycles. The zero-order chi connectivity index (χ0) is 29.6. The summed E-state index contributed by atoms with van der Waals surface area (Å²) in [6.07, 6.45) is 0. The van der Waals surface area contributed by atoms with Gasteiger partial charge in [-0.25, -0.2) is 0 Å². The average molecular weight is 526 g/mol. The first-order valence-electron chi connectivity index (χ1n) is 13.7. The Kier molecular flexibility index (Phi) is 8.81. The van der Waals surface area contributed by atoms with Crippen LogP contribution < -0.4 is 5.73 Å². The van der Waals surface area contributed by atoms with Gasteiger partial charge in [-0.1, -0.05) is 107 Å². The Bertz CT molecular complexity index is 1020. The van der Waals surface area contributed by atoms with E-state index in [2.05, 4.69) is 83.1 Å². The Morgan fingerprint density at radius 3 is 1.16 bits per heavy atom. The lowest BCUT2D eigenvalue weighted by atomic mass is 9.72. The molecule has 5 nitrogen and oxygen atoms in total. The first kappa shape index (κ1) is 31.7. The topological polar surface area (TPSA) is 92.8 Å². The first-order valence-corrected chi connectivity index (χ1v) is 13.7. The number of nitrogens with two attached hydrogens (primary N) is 1. The molecule has 0 aromatic heterocycles. The monoisotopic (exact) mass is 525 g/mol. The van der Waals surface area contributed by atoms with Crippen LogP contribution in [0.15, 0.2) is 24.3 Å². The summed E-state index contributed by atoms with van der Waals surface area (Å²) in [7, 11) is 0. The van der Waals surface area contributed by atoms with Crippen molar-refractivity contribution in [2.45, 2.75) is 124 Å². The van der Waals surface area contributed by atoms with Crippen molar-refractivity contribution in [3.8, 4) is 11.5 Å². The summed E-state index contributed by atoms with van der Waals surface area (Å²) in [4.78, 5) is 13.1. The number of hydrogen-bond acceptors (Lipinski definition) is 5. The van der Waals surface area contributed by atoms with Gasteiger partial charge in [0.2, 0.25) is 0 Å². The van der Waals surface area contributed by atoms with Crippen LogP contribution >= 0.6 is 0 Å². The van der Waals surface area contributed by atoms with Gasteiger partial charge in [0.15, 0.2) is 0 Å². The number of esters is 1. The normalized spacial score (nSPS) is 14.1. The van der Waals surface area contributed by atoms with Gasteiger partial charge >= 0.3 is 5.97 Å². The van der Waals surface area contributed by atoms with Gasteiger partial charge in [0.05, 0.1) is 6.61 Å². The van der Waals surface area contributed by atoms with Gasteiger partial charge in [-0.15, -0.1) is 0 Å². The SMILES string of the molecule is CCOC(=O)[C@H](N)C(c1cc(C(C)(C)C)c(O)c(C(C)(C)C)c1)c1cc(C(C)(C)C)c(O)c(C(C)(C)C)c1. The van der Waals surface area contributed by atoms with Crippen molar-refractivity contribution in [2.75, 3.05) is 6.61 Å². The quantitative estimate of drug-likeness (QED) is 0.356. The van der Waals surface area contributed by atoms with Crippen LogP contribution in [-0.4, -0.2) is 28.8 Å². The maximum atomic E-state index is 13.1. The average Bonchev–Trinajstić information content (AvgIpc) is 2.72. The Labute approximate surface area is 230 Å². The molecule has 0 saturated carbocycles. The highest BCUT2D eigenvalue weighted by atomic mass is 16.5. The fraction of sp³-hybridized carbons (Fsp3) is 0.606. The number of phenolic OH excluding ortho intramolecular Hbond substituents is 2. The molecule has 0 fully saturated rings. The molecule has 5 heteroatoms. The van der Waals surface area contributed by atoms with Crippen LogP contribution in [0.25, 0.3) is 0 Å². The molecular formula is C33H51NO4. The molecule has 0 amide bonds. The number of rotatable bonds is 5. The fourth-order valence-electron chi connectivity index (χ4n) is 4.94. The molecule has 2 aromatic rings. The summed E-state index contributed by atoms with van der Waals surface area (Å²) < 4.78 is 5.40. The molecule has 212 valence electrons. The predicted octanol–water partition coefficient (Wildman–Crippen LogP) is 7.31. The van der Waals surface area contributed by atoms with Crippen molar-refractivity contribution in [1.82, 2.24) is 0 Å². The maximum Gasteiger partial charge on any atom is 0.323 e. The van der Waals surface area contributed by atoms with Crippen molar-refractivity contribution in [3.05, 3.63) is 57.6 Å². The number of carbonyl (C=O) groups excluding carboxylic acids is 1. The van der Waals surface area contributed by atoms with E-state index in [1.165, 1.54) is 0 Å². The summed E-state index contributed by atoms with van der Waals surface area (Å²) in [5.74, 6) is -0.495. The van der Waals surface area contributed by atoms with Crippen LogP contribution in [0.1, 0.15) is 129 Å². The first-order chi connectivity index (χ1) is 17.0. The standard InChI is InChI=1S/C33H51NO4/c1-14-38-29(37)26(34)25(19-15-21(30(2,3)4)27(35)22(16-19)31(5,6)7)20-17-23(32(8,9)10)28(36)24(18-20)33(11,12)13/h15-18,25-26,35-36H,14,34H2,1-13H3/t26-/m1/s1. The van der Waals surface area contributed by atoms with Crippen LogP contribution in [-0.2, 0) is 31.2 Å². The van der Waals surface area contributed by atoms with E-state index in [-0.39, 0.29) is 39.8 Å². The molecule has 0 radical (unpaired) electrons. The second kappa shape index (κ2) is 10.6. The van der Waals surface area contributed by atoms with Gasteiger partial charge in [0, 0.05) is 5.92 Å². The minimum absolute atomic E-state index is 0.228. The van der Waals surface area contributed by atoms with Gasteiger partial charge in [0.1, 0.15) is 17.5 Å². The molecule has 2 rings (SSSR count). The molecule has 0 saturated heterocycles. The second-order valence-corrected chi connectivity index (χ2v) is 14.7. The van der Waals surface area contributed by atoms with Crippen LogP contribution in [0, 0.1) is 0 Å². The summed E-state index contributed by atoms with van der Waals surface area (Å²) in [6.45, 7) is 26.8. The van der Waals surface area contributed by atoms with E-state index in [0.29, 0.717) is 0 Å². The molecule has 0 bridgehead atoms. The number of ether oxygens (including phenoxy) is 1. The summed E-state index contributed by atoms with van der Waals surface area (Å²) in [5, 5.41) is 22.7. The van der Waals surface area contributed by atoms with Crippen molar-refractivity contribution >= 4 is 5.97 Å². The molecule has 0 aliphatic rings.